The summed E-state index contributed by atoms with van der Waals surface area (Å²) in [6, 6.07) is 34.4. The van der Waals surface area contributed by atoms with Gasteiger partial charge in [-0.2, -0.15) is 0 Å². The van der Waals surface area contributed by atoms with Crippen molar-refractivity contribution in [1.82, 2.24) is 9.97 Å². The first kappa shape index (κ1) is 18.2. The Morgan fingerprint density at radius 2 is 1.08 bits per heavy atom. The Kier molecular flexibility index (Phi) is 6.09. The Labute approximate surface area is 168 Å². The molecule has 0 atom stereocenters. The summed E-state index contributed by atoms with van der Waals surface area (Å²) in [7, 11) is 0. The van der Waals surface area contributed by atoms with Crippen molar-refractivity contribution in [3.63, 3.8) is 0 Å². The summed E-state index contributed by atoms with van der Waals surface area (Å²) in [5, 5.41) is 0. The Hall–Kier alpha value is -2.57. The zero-order chi connectivity index (χ0) is 16.9. The van der Waals surface area contributed by atoms with Crippen LogP contribution in [0.15, 0.2) is 84.9 Å². The minimum atomic E-state index is 0. The molecule has 0 aliphatic heterocycles. The first-order chi connectivity index (χ1) is 12.4. The molecule has 2 nitrogen and oxygen atoms in total. The third-order valence-corrected chi connectivity index (χ3v) is 3.95. The van der Waals surface area contributed by atoms with Gasteiger partial charge in [-0.05, 0) is 23.5 Å². The summed E-state index contributed by atoms with van der Waals surface area (Å²) in [5.41, 5.74) is 5.87. The summed E-state index contributed by atoms with van der Waals surface area (Å²) in [5.74, 6) is 0. The van der Waals surface area contributed by atoms with Crippen LogP contribution in [0.25, 0.3) is 22.5 Å². The topological polar surface area (TPSA) is 25.8 Å². The second-order valence-corrected chi connectivity index (χ2v) is 5.76. The fraction of sp³-hybridized carbons (Fsp3) is 0.0435. The zero-order valence-electron chi connectivity index (χ0n) is 14.0. The van der Waals surface area contributed by atoms with Crippen LogP contribution in [0.2, 0.25) is 0 Å². The van der Waals surface area contributed by atoms with E-state index in [-0.39, 0.29) is 21.1 Å². The normalized spacial score (nSPS) is 10.2. The predicted octanol–water partition coefficient (Wildman–Crippen LogP) is 5.00. The van der Waals surface area contributed by atoms with E-state index in [1.54, 1.807) is 0 Å². The molecule has 0 spiro atoms. The molecule has 0 unspecified atom stereocenters. The van der Waals surface area contributed by atoms with Gasteiger partial charge in [0.1, 0.15) is 0 Å². The van der Waals surface area contributed by atoms with Gasteiger partial charge in [-0.25, -0.2) is 0 Å². The van der Waals surface area contributed by atoms with E-state index in [0.29, 0.717) is 6.42 Å². The van der Waals surface area contributed by atoms with Crippen LogP contribution in [0.4, 0.5) is 0 Å². The van der Waals surface area contributed by atoms with Gasteiger partial charge >= 0.3 is 21.1 Å². The molecule has 2 aromatic carbocycles. The quantitative estimate of drug-likeness (QED) is 0.358. The second kappa shape index (κ2) is 8.69. The summed E-state index contributed by atoms with van der Waals surface area (Å²) >= 11 is 0. The minimum absolute atomic E-state index is 0. The number of hydrogen-bond acceptors (Lipinski definition) is 2. The summed E-state index contributed by atoms with van der Waals surface area (Å²) in [4.78, 5) is 9.52. The van der Waals surface area contributed by atoms with Crippen LogP contribution in [-0.2, 0) is 27.5 Å². The molecule has 4 rings (SSSR count). The minimum Gasteiger partial charge on any atom is -0.301 e. The molecule has 0 fully saturated rings. The van der Waals surface area contributed by atoms with E-state index in [1.807, 2.05) is 84.9 Å². The van der Waals surface area contributed by atoms with Gasteiger partial charge in [0.2, 0.25) is 0 Å². The molecular weight excluding hydrogens is 499 g/mol. The monoisotopic (exact) mass is 515 g/mol. The van der Waals surface area contributed by atoms with E-state index in [2.05, 4.69) is 12.1 Å². The zero-order valence-corrected chi connectivity index (χ0v) is 16.3. The van der Waals surface area contributed by atoms with Gasteiger partial charge in [0, 0.05) is 17.8 Å². The fourth-order valence-corrected chi connectivity index (χ4v) is 2.75. The smallest absolute Gasteiger partial charge is 0.301 e. The van der Waals surface area contributed by atoms with E-state index < -0.39 is 0 Å². The van der Waals surface area contributed by atoms with Gasteiger partial charge in [0.15, 0.2) is 0 Å². The molecule has 4 aromatic rings. The summed E-state index contributed by atoms with van der Waals surface area (Å²) < 4.78 is 0. The van der Waals surface area contributed by atoms with Crippen LogP contribution in [0.1, 0.15) is 11.4 Å². The fourth-order valence-electron chi connectivity index (χ4n) is 2.75. The van der Waals surface area contributed by atoms with E-state index in [4.69, 9.17) is 9.97 Å². The van der Waals surface area contributed by atoms with E-state index in [1.165, 1.54) is 0 Å². The molecule has 0 aliphatic rings. The number of rotatable bonds is 4. The molecule has 0 amide bonds. The molecule has 3 heteroatoms. The Morgan fingerprint density at radius 1 is 0.577 bits per heavy atom. The van der Waals surface area contributed by atoms with Crippen LogP contribution >= 0.6 is 0 Å². The Bertz CT molecular complexity index is 888. The maximum atomic E-state index is 4.76. The molecule has 0 bridgehead atoms. The van der Waals surface area contributed by atoms with Crippen LogP contribution in [0.5, 0.6) is 0 Å². The number of pyridine rings is 2. The first-order valence-corrected chi connectivity index (χ1v) is 8.24. The summed E-state index contributed by atoms with van der Waals surface area (Å²) in [6.45, 7) is 0. The van der Waals surface area contributed by atoms with Crippen LogP contribution < -0.4 is 0 Å². The summed E-state index contributed by atoms with van der Waals surface area (Å²) in [6.07, 6.45) is 0.696. The van der Waals surface area contributed by atoms with Gasteiger partial charge < -0.3 is 9.97 Å². The molecule has 0 saturated carbocycles. The Balaban J connectivity index is 0.00000196. The number of benzene rings is 2. The molecule has 128 valence electrons. The maximum absolute atomic E-state index is 4.76. The largest absolute Gasteiger partial charge is 2.00 e. The second-order valence-electron chi connectivity index (χ2n) is 5.76. The number of hydrogen-bond donors (Lipinski definition) is 0. The molecule has 0 aliphatic carbocycles. The van der Waals surface area contributed by atoms with Crippen molar-refractivity contribution in [3.05, 3.63) is 108 Å². The molecular formula is C23H16N2Pt. The molecule has 0 saturated heterocycles. The molecule has 26 heavy (non-hydrogen) atoms. The van der Waals surface area contributed by atoms with E-state index in [9.17, 15) is 0 Å². The van der Waals surface area contributed by atoms with Crippen molar-refractivity contribution in [3.8, 4) is 22.5 Å². The van der Waals surface area contributed by atoms with Crippen LogP contribution in [0.3, 0.4) is 0 Å². The van der Waals surface area contributed by atoms with Crippen molar-refractivity contribution < 1.29 is 21.1 Å². The average Bonchev–Trinajstić information content (AvgIpc) is 2.70. The molecule has 2 heterocycles. The van der Waals surface area contributed by atoms with E-state index >= 15 is 0 Å². The van der Waals surface area contributed by atoms with Crippen molar-refractivity contribution in [2.45, 2.75) is 6.42 Å². The number of nitrogens with zero attached hydrogens (tertiary/aromatic N) is 2. The van der Waals surface area contributed by atoms with Gasteiger partial charge in [-0.3, -0.25) is 0 Å². The first-order valence-electron chi connectivity index (χ1n) is 8.24. The third kappa shape index (κ3) is 4.33. The Morgan fingerprint density at radius 3 is 1.50 bits per heavy atom. The number of aromatic nitrogens is 2. The van der Waals surface area contributed by atoms with Crippen molar-refractivity contribution in [2.75, 3.05) is 0 Å². The predicted molar refractivity (Wildman–Crippen MR) is 99.8 cm³/mol. The van der Waals surface area contributed by atoms with Gasteiger partial charge in [0.25, 0.3) is 0 Å². The standard InChI is InChI=1S/C23H16N2.Pt/c1-3-9-18(10-4-1)22-15-7-13-20(24-22)17-21-14-8-16-23(25-21)19-11-5-2-6-12-19;/h1-9,11,13-16H,17H2;/q-2;+2. The van der Waals surface area contributed by atoms with Gasteiger partial charge in [-0.15, -0.1) is 71.8 Å². The van der Waals surface area contributed by atoms with Gasteiger partial charge in [-0.1, -0.05) is 24.3 Å². The maximum Gasteiger partial charge on any atom is 2.00 e. The average molecular weight is 515 g/mol. The van der Waals surface area contributed by atoms with E-state index in [0.717, 1.165) is 33.9 Å². The SMILES string of the molecule is [Pt+2].[c-]1ccccc1-c1cccc(Cc2cccc(-c3[c-]cccc3)n2)n1. The van der Waals surface area contributed by atoms with Crippen LogP contribution in [-0.4, -0.2) is 9.97 Å². The van der Waals surface area contributed by atoms with Crippen molar-refractivity contribution in [2.24, 2.45) is 0 Å². The van der Waals surface area contributed by atoms with Gasteiger partial charge in [0.05, 0.1) is 0 Å². The molecule has 0 radical (unpaired) electrons. The van der Waals surface area contributed by atoms with Crippen LogP contribution in [0, 0.1) is 12.1 Å². The van der Waals surface area contributed by atoms with Crippen molar-refractivity contribution >= 4 is 0 Å². The van der Waals surface area contributed by atoms with Crippen molar-refractivity contribution in [1.29, 1.82) is 0 Å². The third-order valence-electron chi connectivity index (χ3n) is 3.95. The molecule has 0 N–H and O–H groups in total. The molecule has 2 aromatic heterocycles.